The van der Waals surface area contributed by atoms with Crippen LogP contribution in [-0.2, 0) is 6.54 Å². The zero-order chi connectivity index (χ0) is 14.6. The smallest absolute Gasteiger partial charge is 0.0410 e. The van der Waals surface area contributed by atoms with E-state index in [2.05, 4.69) is 58.0 Å². The first-order valence-corrected chi connectivity index (χ1v) is 8.28. The molecule has 0 saturated carbocycles. The summed E-state index contributed by atoms with van der Waals surface area (Å²) >= 11 is 3.49. The minimum atomic E-state index is 0.219. The Hall–Kier alpha value is -0.450. The van der Waals surface area contributed by atoms with Crippen molar-refractivity contribution >= 4 is 15.9 Å². The number of aromatic nitrogens is 1. The van der Waals surface area contributed by atoms with Crippen molar-refractivity contribution in [2.24, 2.45) is 5.92 Å². The second-order valence-electron chi connectivity index (χ2n) is 6.89. The molecule has 0 radical (unpaired) electrons. The highest BCUT2D eigenvalue weighted by Crippen LogP contribution is 2.19. The van der Waals surface area contributed by atoms with Gasteiger partial charge in [0.05, 0.1) is 0 Å². The van der Waals surface area contributed by atoms with Crippen molar-refractivity contribution < 1.29 is 0 Å². The Morgan fingerprint density at radius 1 is 1.40 bits per heavy atom. The molecule has 2 heterocycles. The zero-order valence-electron chi connectivity index (χ0n) is 12.8. The van der Waals surface area contributed by atoms with Crippen LogP contribution in [0, 0.1) is 5.92 Å². The van der Waals surface area contributed by atoms with Crippen molar-refractivity contribution in [1.29, 1.82) is 0 Å². The fraction of sp³-hybridized carbons (Fsp3) is 0.688. The average molecular weight is 340 g/mol. The molecule has 3 nitrogen and oxygen atoms in total. The van der Waals surface area contributed by atoms with Crippen molar-refractivity contribution in [1.82, 2.24) is 15.2 Å². The fourth-order valence-corrected chi connectivity index (χ4v) is 3.12. The number of rotatable bonds is 4. The summed E-state index contributed by atoms with van der Waals surface area (Å²) in [4.78, 5) is 6.81. The zero-order valence-corrected chi connectivity index (χ0v) is 14.4. The molecule has 1 aliphatic rings. The maximum absolute atomic E-state index is 4.25. The molecule has 1 fully saturated rings. The van der Waals surface area contributed by atoms with Crippen LogP contribution in [0.5, 0.6) is 0 Å². The Morgan fingerprint density at radius 3 is 2.90 bits per heavy atom. The third-order valence-electron chi connectivity index (χ3n) is 3.69. The summed E-state index contributed by atoms with van der Waals surface area (Å²) in [6.07, 6.45) is 6.46. The van der Waals surface area contributed by atoms with Crippen molar-refractivity contribution in [3.63, 3.8) is 0 Å². The fourth-order valence-electron chi connectivity index (χ4n) is 2.71. The highest BCUT2D eigenvalue weighted by Gasteiger charge is 2.21. The monoisotopic (exact) mass is 339 g/mol. The molecule has 1 unspecified atom stereocenters. The lowest BCUT2D eigenvalue weighted by atomic mass is 9.96. The molecule has 20 heavy (non-hydrogen) atoms. The second-order valence-corrected chi connectivity index (χ2v) is 7.80. The van der Waals surface area contributed by atoms with E-state index < -0.39 is 0 Å². The van der Waals surface area contributed by atoms with Crippen LogP contribution in [0.3, 0.4) is 0 Å². The van der Waals surface area contributed by atoms with Crippen LogP contribution < -0.4 is 5.32 Å². The summed E-state index contributed by atoms with van der Waals surface area (Å²) < 4.78 is 1.07. The van der Waals surface area contributed by atoms with E-state index in [1.807, 2.05) is 12.4 Å². The molecule has 1 N–H and O–H groups in total. The van der Waals surface area contributed by atoms with Gasteiger partial charge in [0.25, 0.3) is 0 Å². The molecule has 0 spiro atoms. The maximum Gasteiger partial charge on any atom is 0.0410 e. The Balaban J connectivity index is 1.84. The van der Waals surface area contributed by atoms with Gasteiger partial charge in [0.2, 0.25) is 0 Å². The molecule has 1 saturated heterocycles. The van der Waals surface area contributed by atoms with Crippen LogP contribution in [-0.4, -0.2) is 35.1 Å². The van der Waals surface area contributed by atoms with E-state index in [-0.39, 0.29) is 5.54 Å². The van der Waals surface area contributed by atoms with E-state index in [9.17, 15) is 0 Å². The Morgan fingerprint density at radius 2 is 2.20 bits per heavy atom. The molecule has 1 atom stereocenters. The number of hydrogen-bond donors (Lipinski definition) is 1. The van der Waals surface area contributed by atoms with Crippen LogP contribution in [0.1, 0.15) is 39.2 Å². The lowest BCUT2D eigenvalue weighted by Gasteiger charge is -2.34. The quantitative estimate of drug-likeness (QED) is 0.910. The molecular formula is C16H26BrN3. The van der Waals surface area contributed by atoms with E-state index in [0.29, 0.717) is 0 Å². The molecule has 2 rings (SSSR count). The third kappa shape index (κ3) is 5.51. The summed E-state index contributed by atoms with van der Waals surface area (Å²) in [5.74, 6) is 0.767. The molecule has 1 aromatic heterocycles. The van der Waals surface area contributed by atoms with Gasteiger partial charge < -0.3 is 5.32 Å². The van der Waals surface area contributed by atoms with Gasteiger partial charge in [0.1, 0.15) is 0 Å². The molecule has 112 valence electrons. The summed E-state index contributed by atoms with van der Waals surface area (Å²) in [7, 11) is 0. The minimum Gasteiger partial charge on any atom is -0.312 e. The van der Waals surface area contributed by atoms with Gasteiger partial charge in [0.15, 0.2) is 0 Å². The molecule has 4 heteroatoms. The standard InChI is InChI=1S/C16H26BrN3/c1-16(2,3)19-9-13-5-4-6-20(11-13)12-14-7-15(17)10-18-8-14/h7-8,10,13,19H,4-6,9,11-12H2,1-3H3. The number of nitrogens with zero attached hydrogens (tertiary/aromatic N) is 2. The van der Waals surface area contributed by atoms with E-state index in [0.717, 1.165) is 23.5 Å². The normalized spacial score (nSPS) is 21.1. The molecular weight excluding hydrogens is 314 g/mol. The molecule has 0 bridgehead atoms. The predicted molar refractivity (Wildman–Crippen MR) is 87.7 cm³/mol. The maximum atomic E-state index is 4.25. The summed E-state index contributed by atoms with van der Waals surface area (Å²) in [5, 5.41) is 3.64. The van der Waals surface area contributed by atoms with E-state index in [4.69, 9.17) is 0 Å². The average Bonchev–Trinajstić information content (AvgIpc) is 2.36. The predicted octanol–water partition coefficient (Wildman–Crippen LogP) is 3.44. The molecule has 1 aliphatic heterocycles. The van der Waals surface area contributed by atoms with Gasteiger partial charge in [-0.25, -0.2) is 0 Å². The summed E-state index contributed by atoms with van der Waals surface area (Å²) in [6.45, 7) is 11.2. The van der Waals surface area contributed by atoms with Crippen molar-refractivity contribution in [2.75, 3.05) is 19.6 Å². The van der Waals surface area contributed by atoms with Gasteiger partial charge >= 0.3 is 0 Å². The molecule has 1 aromatic rings. The van der Waals surface area contributed by atoms with Gasteiger partial charge in [0, 0.05) is 35.5 Å². The molecule has 0 aliphatic carbocycles. The highest BCUT2D eigenvalue weighted by molar-refractivity contribution is 9.10. The van der Waals surface area contributed by atoms with Gasteiger partial charge in [-0.05, 0) is 80.2 Å². The van der Waals surface area contributed by atoms with Gasteiger partial charge in [-0.2, -0.15) is 0 Å². The molecule has 0 aromatic carbocycles. The highest BCUT2D eigenvalue weighted by atomic mass is 79.9. The van der Waals surface area contributed by atoms with E-state index >= 15 is 0 Å². The van der Waals surface area contributed by atoms with Crippen molar-refractivity contribution in [2.45, 2.75) is 45.7 Å². The van der Waals surface area contributed by atoms with E-state index in [1.165, 1.54) is 31.5 Å². The van der Waals surface area contributed by atoms with Gasteiger partial charge in [-0.1, -0.05) is 0 Å². The van der Waals surface area contributed by atoms with E-state index in [1.54, 1.807) is 0 Å². The number of hydrogen-bond acceptors (Lipinski definition) is 3. The minimum absolute atomic E-state index is 0.219. The lowest BCUT2D eigenvalue weighted by molar-refractivity contribution is 0.159. The second kappa shape index (κ2) is 7.01. The van der Waals surface area contributed by atoms with Crippen LogP contribution in [0.2, 0.25) is 0 Å². The Labute approximate surface area is 131 Å². The van der Waals surface area contributed by atoms with Crippen LogP contribution in [0.25, 0.3) is 0 Å². The van der Waals surface area contributed by atoms with Crippen LogP contribution >= 0.6 is 15.9 Å². The van der Waals surface area contributed by atoms with Crippen LogP contribution in [0.4, 0.5) is 0 Å². The first kappa shape index (κ1) is 15.9. The SMILES string of the molecule is CC(C)(C)NCC1CCCN(Cc2cncc(Br)c2)C1. The molecule has 0 amide bonds. The van der Waals surface area contributed by atoms with Gasteiger partial charge in [-0.3, -0.25) is 9.88 Å². The number of nitrogens with one attached hydrogen (secondary N) is 1. The summed E-state index contributed by atoms with van der Waals surface area (Å²) in [5.41, 5.74) is 1.51. The number of pyridine rings is 1. The van der Waals surface area contributed by atoms with Crippen molar-refractivity contribution in [3.8, 4) is 0 Å². The Bertz CT molecular complexity index is 428. The number of halogens is 1. The number of likely N-dealkylation sites (tertiary alicyclic amines) is 1. The lowest BCUT2D eigenvalue weighted by Crippen LogP contribution is -2.44. The first-order valence-electron chi connectivity index (χ1n) is 7.49. The largest absolute Gasteiger partial charge is 0.312 e. The summed E-state index contributed by atoms with van der Waals surface area (Å²) in [6, 6.07) is 2.17. The Kier molecular flexibility index (Phi) is 5.58. The first-order chi connectivity index (χ1) is 9.42. The van der Waals surface area contributed by atoms with Gasteiger partial charge in [-0.15, -0.1) is 0 Å². The topological polar surface area (TPSA) is 28.2 Å². The van der Waals surface area contributed by atoms with Crippen molar-refractivity contribution in [3.05, 3.63) is 28.5 Å². The number of piperidine rings is 1. The third-order valence-corrected chi connectivity index (χ3v) is 4.13. The van der Waals surface area contributed by atoms with Crippen LogP contribution in [0.15, 0.2) is 22.9 Å².